The van der Waals surface area contributed by atoms with Gasteiger partial charge in [0.15, 0.2) is 0 Å². The summed E-state index contributed by atoms with van der Waals surface area (Å²) in [5, 5.41) is 3.66. The van der Waals surface area contributed by atoms with E-state index < -0.39 is 17.7 Å². The van der Waals surface area contributed by atoms with Crippen LogP contribution in [0.4, 0.5) is 24.5 Å². The first kappa shape index (κ1) is 32.0. The Bertz CT molecular complexity index is 934. The molecular weight excluding hydrogens is 575 g/mol. The first-order valence-electron chi connectivity index (χ1n) is 12.1. The van der Waals surface area contributed by atoms with Gasteiger partial charge in [-0.15, -0.1) is 0 Å². The lowest BCUT2D eigenvalue weighted by Gasteiger charge is -2.13. The van der Waals surface area contributed by atoms with E-state index in [1.54, 1.807) is 18.2 Å². The van der Waals surface area contributed by atoms with E-state index in [4.69, 9.17) is 28.4 Å². The molecule has 38 heavy (non-hydrogen) atoms. The van der Waals surface area contributed by atoms with Gasteiger partial charge in [0.2, 0.25) is 0 Å². The van der Waals surface area contributed by atoms with Gasteiger partial charge in [-0.05, 0) is 30.3 Å². The summed E-state index contributed by atoms with van der Waals surface area (Å²) in [5.74, 6) is -0.618. The zero-order valence-electron chi connectivity index (χ0n) is 21.0. The number of ether oxygens (including phenoxy) is 6. The minimum Gasteiger partial charge on any atom is -0.460 e. The first-order chi connectivity index (χ1) is 18.4. The van der Waals surface area contributed by atoms with E-state index >= 15 is 0 Å². The minimum atomic E-state index is -4.47. The van der Waals surface area contributed by atoms with Crippen LogP contribution in [-0.2, 0) is 34.6 Å². The van der Waals surface area contributed by atoms with Gasteiger partial charge >= 0.3 is 12.1 Å². The van der Waals surface area contributed by atoms with Gasteiger partial charge in [0, 0.05) is 11.0 Å². The molecule has 0 saturated carbocycles. The number of benzene rings is 2. The molecule has 2 rings (SSSR count). The summed E-state index contributed by atoms with van der Waals surface area (Å²) in [6.45, 7) is 4.44. The fourth-order valence-corrected chi connectivity index (χ4v) is 3.24. The van der Waals surface area contributed by atoms with Crippen molar-refractivity contribution >= 4 is 33.3 Å². The van der Waals surface area contributed by atoms with E-state index in [2.05, 4.69) is 21.2 Å². The van der Waals surface area contributed by atoms with Crippen molar-refractivity contribution in [3.05, 3.63) is 59.7 Å². The fraction of sp³-hybridized carbons (Fsp3) is 0.500. The summed E-state index contributed by atoms with van der Waals surface area (Å²) in [7, 11) is 0. The van der Waals surface area contributed by atoms with Crippen molar-refractivity contribution < 1.29 is 46.4 Å². The van der Waals surface area contributed by atoms with Crippen LogP contribution >= 0.6 is 15.9 Å². The number of para-hydroxylation sites is 1. The Hall–Kier alpha value is -2.22. The average molecular weight is 608 g/mol. The molecule has 0 saturated heterocycles. The molecular formula is C26H33BrF3NO7. The highest BCUT2D eigenvalue weighted by Gasteiger charge is 2.30. The summed E-state index contributed by atoms with van der Waals surface area (Å²) in [5.41, 5.74) is -0.0569. The van der Waals surface area contributed by atoms with Gasteiger partial charge in [0.25, 0.3) is 0 Å². The van der Waals surface area contributed by atoms with Crippen molar-refractivity contribution in [3.63, 3.8) is 0 Å². The summed E-state index contributed by atoms with van der Waals surface area (Å²) in [6, 6.07) is 11.2. The molecule has 2 aromatic carbocycles. The Morgan fingerprint density at radius 2 is 1.24 bits per heavy atom. The minimum absolute atomic E-state index is 0.0149. The Balaban J connectivity index is 1.55. The second-order valence-corrected chi connectivity index (χ2v) is 8.43. The number of anilines is 2. The summed E-state index contributed by atoms with van der Waals surface area (Å²) < 4.78 is 71.0. The number of alkyl halides is 4. The van der Waals surface area contributed by atoms with E-state index in [1.165, 1.54) is 18.2 Å². The highest BCUT2D eigenvalue weighted by Crippen LogP contribution is 2.32. The molecule has 0 fully saturated rings. The van der Waals surface area contributed by atoms with Gasteiger partial charge in [0.05, 0.1) is 82.9 Å². The van der Waals surface area contributed by atoms with Crippen LogP contribution in [0.5, 0.6) is 0 Å². The van der Waals surface area contributed by atoms with Crippen LogP contribution in [0.3, 0.4) is 0 Å². The van der Waals surface area contributed by atoms with Crippen LogP contribution in [0.2, 0.25) is 0 Å². The number of hydrogen-bond acceptors (Lipinski definition) is 8. The van der Waals surface area contributed by atoms with Crippen molar-refractivity contribution in [2.24, 2.45) is 0 Å². The Morgan fingerprint density at radius 3 is 1.79 bits per heavy atom. The molecule has 0 spiro atoms. The second kappa shape index (κ2) is 18.9. The van der Waals surface area contributed by atoms with E-state index in [-0.39, 0.29) is 24.5 Å². The van der Waals surface area contributed by atoms with Crippen LogP contribution in [0.15, 0.2) is 48.5 Å². The predicted octanol–water partition coefficient (Wildman–Crippen LogP) is 5.08. The van der Waals surface area contributed by atoms with Gasteiger partial charge in [0.1, 0.15) is 6.61 Å². The number of halogens is 4. The highest BCUT2D eigenvalue weighted by molar-refractivity contribution is 9.09. The molecule has 0 radical (unpaired) electrons. The molecule has 0 aliphatic carbocycles. The van der Waals surface area contributed by atoms with Crippen LogP contribution in [-0.4, -0.2) is 84.0 Å². The molecule has 0 aliphatic rings. The predicted molar refractivity (Wildman–Crippen MR) is 139 cm³/mol. The molecule has 212 valence electrons. The van der Waals surface area contributed by atoms with Crippen molar-refractivity contribution in [3.8, 4) is 0 Å². The SMILES string of the molecule is O=C(OCCOCCOCCOCCOCCOCCBr)c1ccccc1Nc1cccc(C(F)(F)F)c1. The molecule has 12 heteroatoms. The number of rotatable bonds is 20. The number of esters is 1. The molecule has 0 heterocycles. The van der Waals surface area contributed by atoms with Gasteiger partial charge < -0.3 is 33.7 Å². The maximum atomic E-state index is 13.0. The zero-order chi connectivity index (χ0) is 27.5. The number of nitrogens with one attached hydrogen (secondary N) is 1. The molecule has 8 nitrogen and oxygen atoms in total. The Labute approximate surface area is 228 Å². The zero-order valence-corrected chi connectivity index (χ0v) is 22.6. The molecule has 0 bridgehead atoms. The molecule has 0 atom stereocenters. The van der Waals surface area contributed by atoms with Crippen molar-refractivity contribution in [2.75, 3.05) is 83.3 Å². The third-order valence-electron chi connectivity index (χ3n) is 4.79. The largest absolute Gasteiger partial charge is 0.460 e. The summed E-state index contributed by atoms with van der Waals surface area (Å²) in [4.78, 5) is 12.5. The van der Waals surface area contributed by atoms with Crippen molar-refractivity contribution in [1.82, 2.24) is 0 Å². The van der Waals surface area contributed by atoms with E-state index in [9.17, 15) is 18.0 Å². The summed E-state index contributed by atoms with van der Waals surface area (Å²) >= 11 is 3.27. The van der Waals surface area contributed by atoms with Gasteiger partial charge in [-0.2, -0.15) is 13.2 Å². The maximum absolute atomic E-state index is 13.0. The monoisotopic (exact) mass is 607 g/mol. The first-order valence-corrected chi connectivity index (χ1v) is 13.2. The second-order valence-electron chi connectivity index (χ2n) is 7.64. The highest BCUT2D eigenvalue weighted by atomic mass is 79.9. The lowest BCUT2D eigenvalue weighted by atomic mass is 10.1. The maximum Gasteiger partial charge on any atom is 0.416 e. The average Bonchev–Trinajstić information content (AvgIpc) is 2.90. The van der Waals surface area contributed by atoms with Gasteiger partial charge in [-0.1, -0.05) is 34.1 Å². The summed E-state index contributed by atoms with van der Waals surface area (Å²) in [6.07, 6.45) is -4.47. The van der Waals surface area contributed by atoms with Crippen LogP contribution in [0.1, 0.15) is 15.9 Å². The van der Waals surface area contributed by atoms with Gasteiger partial charge in [-0.25, -0.2) is 4.79 Å². The van der Waals surface area contributed by atoms with Crippen LogP contribution < -0.4 is 5.32 Å². The third-order valence-corrected chi connectivity index (χ3v) is 5.11. The van der Waals surface area contributed by atoms with E-state index in [0.29, 0.717) is 65.1 Å². The van der Waals surface area contributed by atoms with Crippen LogP contribution in [0.25, 0.3) is 0 Å². The lowest BCUT2D eigenvalue weighted by molar-refractivity contribution is -0.137. The standard InChI is InChI=1S/C26H33BrF3NO7/c27-8-9-33-10-11-34-12-13-35-14-15-36-16-17-37-18-19-38-25(32)23-6-1-2-7-24(23)31-22-5-3-4-21(20-22)26(28,29)30/h1-7,20,31H,8-19H2. The molecule has 2 aromatic rings. The quantitative estimate of drug-likeness (QED) is 0.127. The van der Waals surface area contributed by atoms with Crippen molar-refractivity contribution in [2.45, 2.75) is 6.18 Å². The molecule has 0 unspecified atom stereocenters. The third kappa shape index (κ3) is 13.5. The number of carbonyl (C=O) groups is 1. The van der Waals surface area contributed by atoms with E-state index in [0.717, 1.165) is 17.5 Å². The molecule has 1 N–H and O–H groups in total. The number of carbonyl (C=O) groups excluding carboxylic acids is 1. The van der Waals surface area contributed by atoms with Crippen molar-refractivity contribution in [1.29, 1.82) is 0 Å². The number of hydrogen-bond donors (Lipinski definition) is 1. The molecule has 0 aromatic heterocycles. The molecule has 0 amide bonds. The Kier molecular flexibility index (Phi) is 15.9. The van der Waals surface area contributed by atoms with Gasteiger partial charge in [-0.3, -0.25) is 0 Å². The Morgan fingerprint density at radius 1 is 0.711 bits per heavy atom. The van der Waals surface area contributed by atoms with E-state index in [1.807, 2.05) is 0 Å². The van der Waals surface area contributed by atoms with Crippen LogP contribution in [0, 0.1) is 0 Å². The molecule has 0 aliphatic heterocycles. The lowest BCUT2D eigenvalue weighted by Crippen LogP contribution is -2.15. The normalized spacial score (nSPS) is 11.5. The smallest absolute Gasteiger partial charge is 0.416 e. The topological polar surface area (TPSA) is 84.5 Å². The fourth-order valence-electron chi connectivity index (χ4n) is 3.01.